The van der Waals surface area contributed by atoms with Gasteiger partial charge in [0.1, 0.15) is 0 Å². The van der Waals surface area contributed by atoms with Gasteiger partial charge < -0.3 is 10.2 Å². The van der Waals surface area contributed by atoms with E-state index >= 15 is 0 Å². The second-order valence-corrected chi connectivity index (χ2v) is 5.65. The summed E-state index contributed by atoms with van der Waals surface area (Å²) in [5, 5.41) is 9.15. The number of nitrogens with one attached hydrogen (secondary N) is 1. The molecule has 1 saturated heterocycles. The molecule has 0 aliphatic carbocycles. The predicted octanol–water partition coefficient (Wildman–Crippen LogP) is 2.84. The highest BCUT2D eigenvalue weighted by Crippen LogP contribution is 2.33. The molecule has 2 rings (SSSR count). The number of piperidine rings is 1. The number of likely N-dealkylation sites (tertiary alicyclic amines) is 1. The molecule has 1 fully saturated rings. The molecular formula is C11H17F3N4S. The summed E-state index contributed by atoms with van der Waals surface area (Å²) in [6.07, 6.45) is -1.41. The molecule has 0 radical (unpaired) electrons. The van der Waals surface area contributed by atoms with E-state index in [1.807, 2.05) is 0 Å². The summed E-state index contributed by atoms with van der Waals surface area (Å²) in [7, 11) is 0. The first kappa shape index (κ1) is 14.5. The molecule has 0 unspecified atom stereocenters. The molecule has 108 valence electrons. The highest BCUT2D eigenvalue weighted by molar-refractivity contribution is 7.15. The Morgan fingerprint density at radius 1 is 1.32 bits per heavy atom. The Hall–Kier alpha value is -0.890. The standard InChI is InChI=1S/C11H17F3N4S/c1-2-5-18-6-3-8(4-7-18)15-10-17-16-9(19-10)11(12,13)14/h8H,2-7H2,1H3,(H,15,17). The van der Waals surface area contributed by atoms with Gasteiger partial charge in [0.05, 0.1) is 0 Å². The molecule has 1 aliphatic rings. The lowest BCUT2D eigenvalue weighted by molar-refractivity contribution is -0.138. The van der Waals surface area contributed by atoms with Crippen LogP contribution in [0.1, 0.15) is 31.2 Å². The quantitative estimate of drug-likeness (QED) is 0.927. The van der Waals surface area contributed by atoms with Gasteiger partial charge in [-0.2, -0.15) is 13.2 Å². The zero-order valence-electron chi connectivity index (χ0n) is 10.7. The molecule has 2 heterocycles. The van der Waals surface area contributed by atoms with Crippen LogP contribution in [0.5, 0.6) is 0 Å². The summed E-state index contributed by atoms with van der Waals surface area (Å²) >= 11 is 0.573. The van der Waals surface area contributed by atoms with Crippen molar-refractivity contribution in [1.82, 2.24) is 15.1 Å². The van der Waals surface area contributed by atoms with E-state index in [0.29, 0.717) is 11.3 Å². The third-order valence-corrected chi connectivity index (χ3v) is 4.02. The maximum atomic E-state index is 12.4. The van der Waals surface area contributed by atoms with Gasteiger partial charge in [0, 0.05) is 19.1 Å². The Kier molecular flexibility index (Phi) is 4.62. The Morgan fingerprint density at radius 2 is 2.00 bits per heavy atom. The fourth-order valence-corrected chi connectivity index (χ4v) is 2.88. The number of rotatable bonds is 4. The van der Waals surface area contributed by atoms with Gasteiger partial charge >= 0.3 is 6.18 Å². The molecule has 1 aromatic heterocycles. The van der Waals surface area contributed by atoms with Crippen LogP contribution in [0.3, 0.4) is 0 Å². The lowest BCUT2D eigenvalue weighted by Crippen LogP contribution is -2.39. The number of aromatic nitrogens is 2. The normalized spacial score (nSPS) is 18.7. The van der Waals surface area contributed by atoms with Crippen LogP contribution in [0.4, 0.5) is 18.3 Å². The first-order valence-electron chi connectivity index (χ1n) is 6.38. The molecule has 1 aliphatic heterocycles. The topological polar surface area (TPSA) is 41.0 Å². The van der Waals surface area contributed by atoms with E-state index in [-0.39, 0.29) is 11.2 Å². The van der Waals surface area contributed by atoms with Crippen molar-refractivity contribution in [2.45, 2.75) is 38.4 Å². The Labute approximate surface area is 114 Å². The maximum Gasteiger partial charge on any atom is 0.445 e. The van der Waals surface area contributed by atoms with Crippen LogP contribution in [-0.4, -0.2) is 40.8 Å². The van der Waals surface area contributed by atoms with Gasteiger partial charge in [-0.15, -0.1) is 10.2 Å². The zero-order chi connectivity index (χ0) is 13.9. The summed E-state index contributed by atoms with van der Waals surface area (Å²) in [6.45, 7) is 5.20. The Bertz CT molecular complexity index is 399. The molecule has 0 spiro atoms. The molecule has 0 aromatic carbocycles. The zero-order valence-corrected chi connectivity index (χ0v) is 11.5. The third kappa shape index (κ3) is 4.04. The molecule has 1 N–H and O–H groups in total. The van der Waals surface area contributed by atoms with Gasteiger partial charge in [0.25, 0.3) is 0 Å². The minimum absolute atomic E-state index is 0.196. The van der Waals surface area contributed by atoms with Crippen molar-refractivity contribution < 1.29 is 13.2 Å². The average Bonchev–Trinajstić information content (AvgIpc) is 2.80. The van der Waals surface area contributed by atoms with Crippen LogP contribution < -0.4 is 5.32 Å². The molecule has 0 saturated carbocycles. The molecule has 0 amide bonds. The molecular weight excluding hydrogens is 277 g/mol. The van der Waals surface area contributed by atoms with Crippen LogP contribution in [0.25, 0.3) is 0 Å². The van der Waals surface area contributed by atoms with Gasteiger partial charge in [0.15, 0.2) is 0 Å². The average molecular weight is 294 g/mol. The summed E-state index contributed by atoms with van der Waals surface area (Å²) in [6, 6.07) is 0.196. The van der Waals surface area contributed by atoms with Gasteiger partial charge in [-0.1, -0.05) is 18.3 Å². The first-order chi connectivity index (χ1) is 8.99. The van der Waals surface area contributed by atoms with Crippen molar-refractivity contribution in [1.29, 1.82) is 0 Å². The van der Waals surface area contributed by atoms with E-state index in [4.69, 9.17) is 0 Å². The van der Waals surface area contributed by atoms with Crippen molar-refractivity contribution in [2.24, 2.45) is 0 Å². The smallest absolute Gasteiger partial charge is 0.357 e. The van der Waals surface area contributed by atoms with E-state index in [1.165, 1.54) is 0 Å². The minimum atomic E-state index is -4.40. The van der Waals surface area contributed by atoms with Gasteiger partial charge in [0.2, 0.25) is 10.1 Å². The van der Waals surface area contributed by atoms with Crippen molar-refractivity contribution in [3.05, 3.63) is 5.01 Å². The van der Waals surface area contributed by atoms with E-state index in [9.17, 15) is 13.2 Å². The summed E-state index contributed by atoms with van der Waals surface area (Å²) in [5.41, 5.74) is 0. The highest BCUT2D eigenvalue weighted by Gasteiger charge is 2.35. The lowest BCUT2D eigenvalue weighted by atomic mass is 10.1. The summed E-state index contributed by atoms with van der Waals surface area (Å²) in [5.74, 6) is 0. The number of anilines is 1. The highest BCUT2D eigenvalue weighted by atomic mass is 32.1. The lowest BCUT2D eigenvalue weighted by Gasteiger charge is -2.31. The van der Waals surface area contributed by atoms with Crippen molar-refractivity contribution >= 4 is 16.5 Å². The largest absolute Gasteiger partial charge is 0.445 e. The fourth-order valence-electron chi connectivity index (χ4n) is 2.19. The van der Waals surface area contributed by atoms with Crippen LogP contribution >= 0.6 is 11.3 Å². The van der Waals surface area contributed by atoms with Gasteiger partial charge in [-0.25, -0.2) is 0 Å². The molecule has 8 heteroatoms. The number of halogens is 3. The molecule has 19 heavy (non-hydrogen) atoms. The van der Waals surface area contributed by atoms with Gasteiger partial charge in [-0.05, 0) is 25.8 Å². The Balaban J connectivity index is 1.84. The van der Waals surface area contributed by atoms with E-state index in [0.717, 1.165) is 38.9 Å². The van der Waals surface area contributed by atoms with E-state index in [1.54, 1.807) is 0 Å². The number of hydrogen-bond acceptors (Lipinski definition) is 5. The van der Waals surface area contributed by atoms with Crippen molar-refractivity contribution in [2.75, 3.05) is 25.0 Å². The van der Waals surface area contributed by atoms with Crippen molar-refractivity contribution in [3.8, 4) is 0 Å². The molecule has 0 bridgehead atoms. The number of alkyl halides is 3. The SMILES string of the molecule is CCCN1CCC(Nc2nnc(C(F)(F)F)s2)CC1. The van der Waals surface area contributed by atoms with Crippen LogP contribution in [0, 0.1) is 0 Å². The van der Waals surface area contributed by atoms with Crippen LogP contribution in [-0.2, 0) is 6.18 Å². The monoisotopic (exact) mass is 294 g/mol. The molecule has 0 atom stereocenters. The number of nitrogens with zero attached hydrogens (tertiary/aromatic N) is 3. The van der Waals surface area contributed by atoms with E-state index in [2.05, 4.69) is 27.3 Å². The van der Waals surface area contributed by atoms with Crippen molar-refractivity contribution in [3.63, 3.8) is 0 Å². The second kappa shape index (κ2) is 6.04. The Morgan fingerprint density at radius 3 is 2.53 bits per heavy atom. The third-order valence-electron chi connectivity index (χ3n) is 3.12. The van der Waals surface area contributed by atoms with E-state index < -0.39 is 11.2 Å². The minimum Gasteiger partial charge on any atom is -0.357 e. The van der Waals surface area contributed by atoms with Crippen LogP contribution in [0.15, 0.2) is 0 Å². The summed E-state index contributed by atoms with van der Waals surface area (Å²) < 4.78 is 37.2. The fraction of sp³-hybridized carbons (Fsp3) is 0.818. The number of hydrogen-bond donors (Lipinski definition) is 1. The van der Waals surface area contributed by atoms with Gasteiger partial charge in [-0.3, -0.25) is 0 Å². The predicted molar refractivity (Wildman–Crippen MR) is 68.3 cm³/mol. The second-order valence-electron chi connectivity index (χ2n) is 4.67. The molecule has 1 aromatic rings. The first-order valence-corrected chi connectivity index (χ1v) is 7.20. The maximum absolute atomic E-state index is 12.4. The summed E-state index contributed by atoms with van der Waals surface area (Å²) in [4.78, 5) is 2.37. The van der Waals surface area contributed by atoms with Crippen LogP contribution in [0.2, 0.25) is 0 Å². The molecule has 4 nitrogen and oxygen atoms in total.